The highest BCUT2D eigenvalue weighted by atomic mass is 32.2. The van der Waals surface area contributed by atoms with Gasteiger partial charge >= 0.3 is 0 Å². The first-order valence-corrected chi connectivity index (χ1v) is 9.69. The molecule has 7 heteroatoms. The fraction of sp³-hybridized carbons (Fsp3) is 0.368. The standard InChI is InChI=1S/C19H25N3O3S/c1-11-9-16(10-17(14(11)4)26(24,25)22(6)7)19(23)21-18-12(2)8-13(3)20-15(18)5/h8-10H,1-7H3,(H,21,23). The normalized spacial score (nSPS) is 11.7. The molecule has 1 heterocycles. The van der Waals surface area contributed by atoms with Crippen LogP contribution in [-0.4, -0.2) is 37.7 Å². The van der Waals surface area contributed by atoms with Crippen molar-refractivity contribution in [3.63, 3.8) is 0 Å². The number of aromatic nitrogens is 1. The molecule has 2 rings (SSSR count). The van der Waals surface area contributed by atoms with Gasteiger partial charge in [0.15, 0.2) is 0 Å². The Morgan fingerprint density at radius 3 is 2.15 bits per heavy atom. The summed E-state index contributed by atoms with van der Waals surface area (Å²) in [7, 11) is -0.692. The summed E-state index contributed by atoms with van der Waals surface area (Å²) in [4.78, 5) is 17.3. The van der Waals surface area contributed by atoms with E-state index in [1.807, 2.05) is 26.8 Å². The molecule has 1 amide bonds. The first-order valence-electron chi connectivity index (χ1n) is 8.25. The molecule has 26 heavy (non-hydrogen) atoms. The zero-order valence-corrected chi connectivity index (χ0v) is 17.1. The van der Waals surface area contributed by atoms with E-state index in [0.29, 0.717) is 16.8 Å². The van der Waals surface area contributed by atoms with E-state index in [4.69, 9.17) is 0 Å². The maximum absolute atomic E-state index is 12.8. The number of amides is 1. The van der Waals surface area contributed by atoms with Crippen molar-refractivity contribution in [3.05, 3.63) is 51.8 Å². The number of aryl methyl sites for hydroxylation is 4. The number of hydrogen-bond donors (Lipinski definition) is 1. The summed E-state index contributed by atoms with van der Waals surface area (Å²) < 4.78 is 26.3. The average molecular weight is 375 g/mol. The van der Waals surface area contributed by atoms with E-state index in [0.717, 1.165) is 26.8 Å². The van der Waals surface area contributed by atoms with Gasteiger partial charge in [0, 0.05) is 25.4 Å². The topological polar surface area (TPSA) is 79.4 Å². The van der Waals surface area contributed by atoms with Gasteiger partial charge in [-0.05, 0) is 69.5 Å². The summed E-state index contributed by atoms with van der Waals surface area (Å²) in [6.45, 7) is 9.17. The third-order valence-electron chi connectivity index (χ3n) is 4.40. The zero-order chi connectivity index (χ0) is 19.8. The number of nitrogens with one attached hydrogen (secondary N) is 1. The molecule has 0 aliphatic carbocycles. The van der Waals surface area contributed by atoms with Gasteiger partial charge in [-0.2, -0.15) is 0 Å². The van der Waals surface area contributed by atoms with Crippen LogP contribution < -0.4 is 5.32 Å². The van der Waals surface area contributed by atoms with Crippen molar-refractivity contribution in [2.45, 2.75) is 39.5 Å². The Labute approximate surface area is 155 Å². The van der Waals surface area contributed by atoms with Crippen LogP contribution in [0.4, 0.5) is 5.69 Å². The lowest BCUT2D eigenvalue weighted by atomic mass is 10.1. The molecule has 0 aliphatic rings. The summed E-state index contributed by atoms with van der Waals surface area (Å²) >= 11 is 0. The molecule has 0 fully saturated rings. The Bertz CT molecular complexity index is 957. The van der Waals surface area contributed by atoms with Gasteiger partial charge in [0.25, 0.3) is 5.91 Å². The summed E-state index contributed by atoms with van der Waals surface area (Å²) in [5.41, 5.74) is 4.84. The van der Waals surface area contributed by atoms with E-state index >= 15 is 0 Å². The van der Waals surface area contributed by atoms with Crippen LogP contribution in [-0.2, 0) is 10.0 Å². The molecule has 0 saturated carbocycles. The smallest absolute Gasteiger partial charge is 0.255 e. The van der Waals surface area contributed by atoms with E-state index in [2.05, 4.69) is 10.3 Å². The molecular formula is C19H25N3O3S. The SMILES string of the molecule is Cc1cc(C)c(NC(=O)c2cc(C)c(C)c(S(=O)(=O)N(C)C)c2)c(C)n1. The Morgan fingerprint density at radius 2 is 1.62 bits per heavy atom. The van der Waals surface area contributed by atoms with Gasteiger partial charge in [-0.15, -0.1) is 0 Å². The number of nitrogens with zero attached hydrogens (tertiary/aromatic N) is 2. The summed E-state index contributed by atoms with van der Waals surface area (Å²) in [6.07, 6.45) is 0. The first kappa shape index (κ1) is 20.1. The average Bonchev–Trinajstić information content (AvgIpc) is 2.52. The predicted molar refractivity (Wildman–Crippen MR) is 103 cm³/mol. The van der Waals surface area contributed by atoms with Crippen LogP contribution in [0, 0.1) is 34.6 Å². The van der Waals surface area contributed by atoms with Crippen molar-refractivity contribution in [2.24, 2.45) is 0 Å². The number of benzene rings is 1. The van der Waals surface area contributed by atoms with E-state index in [9.17, 15) is 13.2 Å². The summed E-state index contributed by atoms with van der Waals surface area (Å²) in [6, 6.07) is 5.02. The lowest BCUT2D eigenvalue weighted by Gasteiger charge is -2.17. The Balaban J connectivity index is 2.50. The quantitative estimate of drug-likeness (QED) is 0.890. The zero-order valence-electron chi connectivity index (χ0n) is 16.3. The van der Waals surface area contributed by atoms with Gasteiger partial charge in [-0.25, -0.2) is 12.7 Å². The van der Waals surface area contributed by atoms with Gasteiger partial charge in [-0.3, -0.25) is 9.78 Å². The van der Waals surface area contributed by atoms with E-state index in [1.165, 1.54) is 20.2 Å². The molecule has 0 radical (unpaired) electrons. The van der Waals surface area contributed by atoms with Crippen molar-refractivity contribution in [1.82, 2.24) is 9.29 Å². The maximum Gasteiger partial charge on any atom is 0.255 e. The van der Waals surface area contributed by atoms with Gasteiger partial charge in [-0.1, -0.05) is 0 Å². The molecule has 140 valence electrons. The number of hydrogen-bond acceptors (Lipinski definition) is 4. The van der Waals surface area contributed by atoms with Crippen molar-refractivity contribution >= 4 is 21.6 Å². The minimum atomic E-state index is -3.64. The van der Waals surface area contributed by atoms with Crippen LogP contribution >= 0.6 is 0 Å². The third-order valence-corrected chi connectivity index (χ3v) is 6.35. The summed E-state index contributed by atoms with van der Waals surface area (Å²) in [5, 5.41) is 2.87. The third kappa shape index (κ3) is 3.78. The molecule has 0 spiro atoms. The van der Waals surface area contributed by atoms with Crippen LogP contribution in [0.2, 0.25) is 0 Å². The highest BCUT2D eigenvalue weighted by Gasteiger charge is 2.23. The highest BCUT2D eigenvalue weighted by Crippen LogP contribution is 2.25. The van der Waals surface area contributed by atoms with Gasteiger partial charge in [0.1, 0.15) is 0 Å². The largest absolute Gasteiger partial charge is 0.320 e. The molecular weight excluding hydrogens is 350 g/mol. The number of carbonyl (C=O) groups is 1. The number of rotatable bonds is 4. The van der Waals surface area contributed by atoms with Crippen LogP contribution in [0.5, 0.6) is 0 Å². The van der Waals surface area contributed by atoms with Gasteiger partial charge < -0.3 is 5.32 Å². The number of sulfonamides is 1. The fourth-order valence-electron chi connectivity index (χ4n) is 2.82. The van der Waals surface area contributed by atoms with E-state index in [-0.39, 0.29) is 10.8 Å². The molecule has 0 bridgehead atoms. The minimum Gasteiger partial charge on any atom is -0.320 e. The van der Waals surface area contributed by atoms with Crippen molar-refractivity contribution in [3.8, 4) is 0 Å². The molecule has 6 nitrogen and oxygen atoms in total. The monoisotopic (exact) mass is 375 g/mol. The van der Waals surface area contributed by atoms with E-state index < -0.39 is 10.0 Å². The maximum atomic E-state index is 12.8. The van der Waals surface area contributed by atoms with Crippen LogP contribution in [0.15, 0.2) is 23.1 Å². The first-order chi connectivity index (χ1) is 11.9. The molecule has 1 N–H and O–H groups in total. The fourth-order valence-corrected chi connectivity index (χ4v) is 4.04. The molecule has 1 aromatic carbocycles. The van der Waals surface area contributed by atoms with Crippen molar-refractivity contribution < 1.29 is 13.2 Å². The number of anilines is 1. The van der Waals surface area contributed by atoms with Crippen LogP contribution in [0.1, 0.15) is 38.4 Å². The highest BCUT2D eigenvalue weighted by molar-refractivity contribution is 7.89. The second kappa shape index (κ2) is 7.17. The Hall–Kier alpha value is -2.25. The van der Waals surface area contributed by atoms with E-state index in [1.54, 1.807) is 19.9 Å². The number of carbonyl (C=O) groups excluding carboxylic acids is 1. The Kier molecular flexibility index (Phi) is 5.53. The molecule has 2 aromatic rings. The molecule has 0 saturated heterocycles. The van der Waals surface area contributed by atoms with Crippen LogP contribution in [0.3, 0.4) is 0 Å². The lowest BCUT2D eigenvalue weighted by Crippen LogP contribution is -2.24. The number of pyridine rings is 1. The van der Waals surface area contributed by atoms with Crippen molar-refractivity contribution in [1.29, 1.82) is 0 Å². The van der Waals surface area contributed by atoms with Gasteiger partial charge in [0.05, 0.1) is 16.3 Å². The van der Waals surface area contributed by atoms with Gasteiger partial charge in [0.2, 0.25) is 10.0 Å². The second-order valence-electron chi connectivity index (χ2n) is 6.70. The predicted octanol–water partition coefficient (Wildman–Crippen LogP) is 3.13. The second-order valence-corrected chi connectivity index (χ2v) is 8.82. The molecule has 0 atom stereocenters. The Morgan fingerprint density at radius 1 is 1.00 bits per heavy atom. The molecule has 0 aliphatic heterocycles. The molecule has 1 aromatic heterocycles. The summed E-state index contributed by atoms with van der Waals surface area (Å²) in [5.74, 6) is -0.361. The van der Waals surface area contributed by atoms with Crippen molar-refractivity contribution in [2.75, 3.05) is 19.4 Å². The minimum absolute atomic E-state index is 0.142. The lowest BCUT2D eigenvalue weighted by molar-refractivity contribution is 0.102. The van der Waals surface area contributed by atoms with Crippen LogP contribution in [0.25, 0.3) is 0 Å². The molecule has 0 unspecified atom stereocenters.